The van der Waals surface area contributed by atoms with Crippen molar-refractivity contribution in [2.75, 3.05) is 4.90 Å². The number of para-hydroxylation sites is 1. The van der Waals surface area contributed by atoms with Crippen LogP contribution in [0.15, 0.2) is 24.3 Å². The fraction of sp³-hybridized carbons (Fsp3) is 0.533. The SMILES string of the molecule is CC(=O)N1c2ccccc2[C@@H]2[C@H]3CC[C@H](C3)[C@@H]21. The molecule has 4 rings (SSSR count). The highest BCUT2D eigenvalue weighted by Gasteiger charge is 2.55. The molecule has 1 amide bonds. The van der Waals surface area contributed by atoms with Crippen LogP contribution in [0.1, 0.15) is 37.7 Å². The molecule has 2 bridgehead atoms. The minimum atomic E-state index is 0.220. The van der Waals surface area contributed by atoms with Gasteiger partial charge in [-0.3, -0.25) is 4.79 Å². The first kappa shape index (κ1) is 9.69. The molecule has 0 N–H and O–H groups in total. The summed E-state index contributed by atoms with van der Waals surface area (Å²) >= 11 is 0. The second kappa shape index (κ2) is 3.12. The number of nitrogens with zero attached hydrogens (tertiary/aromatic N) is 1. The molecule has 2 aliphatic carbocycles. The topological polar surface area (TPSA) is 20.3 Å². The Kier molecular flexibility index (Phi) is 1.78. The van der Waals surface area contributed by atoms with Crippen molar-refractivity contribution >= 4 is 11.6 Å². The molecule has 0 unspecified atom stereocenters. The molecule has 0 aromatic heterocycles. The van der Waals surface area contributed by atoms with E-state index in [1.54, 1.807) is 6.92 Å². The predicted molar refractivity (Wildman–Crippen MR) is 67.0 cm³/mol. The highest BCUT2D eigenvalue weighted by atomic mass is 16.2. The summed E-state index contributed by atoms with van der Waals surface area (Å²) in [6.45, 7) is 1.71. The first-order valence-corrected chi connectivity index (χ1v) is 6.66. The van der Waals surface area contributed by atoms with Gasteiger partial charge in [-0.25, -0.2) is 0 Å². The van der Waals surface area contributed by atoms with E-state index in [1.807, 2.05) is 0 Å². The quantitative estimate of drug-likeness (QED) is 0.667. The number of fused-ring (bicyclic) bond motifs is 7. The van der Waals surface area contributed by atoms with Gasteiger partial charge in [0.25, 0.3) is 0 Å². The van der Waals surface area contributed by atoms with E-state index < -0.39 is 0 Å². The third kappa shape index (κ3) is 1.09. The minimum Gasteiger partial charge on any atom is -0.308 e. The van der Waals surface area contributed by atoms with Gasteiger partial charge in [-0.1, -0.05) is 18.2 Å². The highest BCUT2D eigenvalue weighted by Crippen LogP contribution is 2.60. The van der Waals surface area contributed by atoms with Crippen molar-refractivity contribution in [2.24, 2.45) is 11.8 Å². The smallest absolute Gasteiger partial charge is 0.224 e. The van der Waals surface area contributed by atoms with E-state index in [-0.39, 0.29) is 5.91 Å². The zero-order valence-corrected chi connectivity index (χ0v) is 10.1. The molecule has 4 atom stereocenters. The summed E-state index contributed by atoms with van der Waals surface area (Å²) in [6, 6.07) is 9.00. The Morgan fingerprint density at radius 3 is 2.82 bits per heavy atom. The second-order valence-electron chi connectivity index (χ2n) is 5.80. The molecule has 2 saturated carbocycles. The molecule has 0 spiro atoms. The van der Waals surface area contributed by atoms with Crippen LogP contribution < -0.4 is 4.90 Å². The normalized spacial score (nSPS) is 37.1. The lowest BCUT2D eigenvalue weighted by Gasteiger charge is -2.31. The maximum absolute atomic E-state index is 12.0. The van der Waals surface area contributed by atoms with Gasteiger partial charge in [0.2, 0.25) is 5.91 Å². The van der Waals surface area contributed by atoms with Gasteiger partial charge in [0.1, 0.15) is 0 Å². The van der Waals surface area contributed by atoms with Gasteiger partial charge >= 0.3 is 0 Å². The van der Waals surface area contributed by atoms with Crippen LogP contribution in [-0.2, 0) is 4.79 Å². The standard InChI is InChI=1S/C15H17NO/c1-9(17)16-13-5-3-2-4-12(13)14-10-6-7-11(8-10)15(14)16/h2-5,10-11,14-15H,6-8H2,1H3/t10-,11+,14-,15-/m0/s1. The van der Waals surface area contributed by atoms with Gasteiger partial charge in [0.15, 0.2) is 0 Å². The number of carbonyl (C=O) groups excluding carboxylic acids is 1. The maximum Gasteiger partial charge on any atom is 0.224 e. The summed E-state index contributed by atoms with van der Waals surface area (Å²) in [4.78, 5) is 14.0. The van der Waals surface area contributed by atoms with Gasteiger partial charge in [0, 0.05) is 24.6 Å². The van der Waals surface area contributed by atoms with Crippen molar-refractivity contribution in [3.05, 3.63) is 29.8 Å². The Balaban J connectivity index is 1.90. The summed E-state index contributed by atoms with van der Waals surface area (Å²) in [5.74, 6) is 2.43. The third-order valence-electron chi connectivity index (χ3n) is 5.07. The first-order valence-electron chi connectivity index (χ1n) is 6.66. The Bertz CT molecular complexity index is 495. The molecule has 2 nitrogen and oxygen atoms in total. The number of anilines is 1. The van der Waals surface area contributed by atoms with Crippen LogP contribution in [0.3, 0.4) is 0 Å². The zero-order chi connectivity index (χ0) is 11.6. The van der Waals surface area contributed by atoms with E-state index in [2.05, 4.69) is 29.2 Å². The van der Waals surface area contributed by atoms with Gasteiger partial charge in [-0.2, -0.15) is 0 Å². The lowest BCUT2D eigenvalue weighted by Crippen LogP contribution is -2.41. The van der Waals surface area contributed by atoms with E-state index in [9.17, 15) is 4.79 Å². The first-order chi connectivity index (χ1) is 8.27. The van der Waals surface area contributed by atoms with Crippen LogP contribution in [0.4, 0.5) is 5.69 Å². The number of benzene rings is 1. The molecule has 1 aliphatic heterocycles. The average Bonchev–Trinajstić information content (AvgIpc) is 2.98. The fourth-order valence-corrected chi connectivity index (χ4v) is 4.60. The predicted octanol–water partition coefficient (Wildman–Crippen LogP) is 2.94. The third-order valence-corrected chi connectivity index (χ3v) is 5.07. The maximum atomic E-state index is 12.0. The van der Waals surface area contributed by atoms with Crippen LogP contribution in [-0.4, -0.2) is 11.9 Å². The van der Waals surface area contributed by atoms with Gasteiger partial charge in [0.05, 0.1) is 0 Å². The Labute approximate surface area is 102 Å². The van der Waals surface area contributed by atoms with Gasteiger partial charge < -0.3 is 4.90 Å². The van der Waals surface area contributed by atoms with Crippen molar-refractivity contribution < 1.29 is 4.79 Å². The van der Waals surface area contributed by atoms with Crippen LogP contribution >= 0.6 is 0 Å². The average molecular weight is 227 g/mol. The van der Waals surface area contributed by atoms with Crippen LogP contribution in [0.5, 0.6) is 0 Å². The van der Waals surface area contributed by atoms with E-state index in [0.717, 1.165) is 11.8 Å². The lowest BCUT2D eigenvalue weighted by molar-refractivity contribution is -0.117. The molecular formula is C15H17NO. The Morgan fingerprint density at radius 2 is 2.00 bits per heavy atom. The second-order valence-corrected chi connectivity index (χ2v) is 5.80. The molecule has 88 valence electrons. The van der Waals surface area contributed by atoms with Crippen LogP contribution in [0, 0.1) is 11.8 Å². The van der Waals surface area contributed by atoms with Crippen LogP contribution in [0.25, 0.3) is 0 Å². The number of hydrogen-bond donors (Lipinski definition) is 0. The molecule has 2 heteroatoms. The van der Waals surface area contributed by atoms with E-state index in [0.29, 0.717) is 12.0 Å². The van der Waals surface area contributed by atoms with Crippen LogP contribution in [0.2, 0.25) is 0 Å². The summed E-state index contributed by atoms with van der Waals surface area (Å²) < 4.78 is 0. The van der Waals surface area contributed by atoms with Crippen molar-refractivity contribution in [2.45, 2.75) is 38.1 Å². The molecule has 0 radical (unpaired) electrons. The van der Waals surface area contributed by atoms with Crippen molar-refractivity contribution in [3.63, 3.8) is 0 Å². The van der Waals surface area contributed by atoms with Crippen molar-refractivity contribution in [1.82, 2.24) is 0 Å². The highest BCUT2D eigenvalue weighted by molar-refractivity contribution is 5.95. The Morgan fingerprint density at radius 1 is 1.24 bits per heavy atom. The molecule has 1 aromatic carbocycles. The summed E-state index contributed by atoms with van der Waals surface area (Å²) in [5.41, 5.74) is 2.62. The number of rotatable bonds is 0. The largest absolute Gasteiger partial charge is 0.308 e. The summed E-state index contributed by atoms with van der Waals surface area (Å²) in [7, 11) is 0. The van der Waals surface area contributed by atoms with Crippen molar-refractivity contribution in [3.8, 4) is 0 Å². The number of carbonyl (C=O) groups is 1. The fourth-order valence-electron chi connectivity index (χ4n) is 4.60. The number of hydrogen-bond acceptors (Lipinski definition) is 1. The van der Waals surface area contributed by atoms with E-state index in [4.69, 9.17) is 0 Å². The number of amides is 1. The van der Waals surface area contributed by atoms with E-state index >= 15 is 0 Å². The summed E-state index contributed by atoms with van der Waals surface area (Å²) in [5, 5.41) is 0. The minimum absolute atomic E-state index is 0.220. The zero-order valence-electron chi connectivity index (χ0n) is 10.1. The van der Waals surface area contributed by atoms with Crippen molar-refractivity contribution in [1.29, 1.82) is 0 Å². The molecular weight excluding hydrogens is 210 g/mol. The Hall–Kier alpha value is -1.31. The lowest BCUT2D eigenvalue weighted by atomic mass is 9.82. The van der Waals surface area contributed by atoms with E-state index in [1.165, 1.54) is 30.5 Å². The summed E-state index contributed by atoms with van der Waals surface area (Å²) in [6.07, 6.45) is 4.03. The molecule has 17 heavy (non-hydrogen) atoms. The molecule has 3 aliphatic rings. The van der Waals surface area contributed by atoms with Gasteiger partial charge in [-0.05, 0) is 42.7 Å². The molecule has 0 saturated heterocycles. The van der Waals surface area contributed by atoms with Gasteiger partial charge in [-0.15, -0.1) is 0 Å². The molecule has 1 heterocycles. The molecule has 2 fully saturated rings. The molecule has 1 aromatic rings. The monoisotopic (exact) mass is 227 g/mol.